The molecule has 0 spiro atoms. The van der Waals surface area contributed by atoms with Crippen molar-refractivity contribution < 1.29 is 41.4 Å². The van der Waals surface area contributed by atoms with E-state index in [-0.39, 0.29) is 17.5 Å². The Labute approximate surface area is 223 Å². The number of hydrogen-bond donors (Lipinski definition) is 1. The van der Waals surface area contributed by atoms with E-state index in [1.54, 1.807) is 18.2 Å². The maximum atomic E-state index is 13.5. The molecule has 0 aliphatic rings. The average molecular weight is 554 g/mol. The standard InChI is InChI=1S/C27H18F4N4O5/c28-18-8-4-16(5-9-18)20(15-23(36)40-25(38)27(29,30)31)21-12-14-33-26(34-21)39-19-10-6-17(7-11-19)24(37)35-22-3-1-2-13-32-22/h1-14,20H,15H2,(H,32,35,37). The smallest absolute Gasteiger partial charge is 0.424 e. The molecule has 1 amide bonds. The molecule has 40 heavy (non-hydrogen) atoms. The number of hydrogen-bond acceptors (Lipinski definition) is 8. The molecule has 13 heteroatoms. The van der Waals surface area contributed by atoms with Crippen LogP contribution in [0, 0.1) is 5.82 Å². The van der Waals surface area contributed by atoms with Crippen LogP contribution >= 0.6 is 0 Å². The predicted octanol–water partition coefficient (Wildman–Crippen LogP) is 5.21. The number of aromatic nitrogens is 3. The number of rotatable bonds is 8. The normalized spacial score (nSPS) is 11.8. The van der Waals surface area contributed by atoms with E-state index in [1.165, 1.54) is 54.9 Å². The molecule has 1 atom stereocenters. The minimum atomic E-state index is -5.36. The maximum Gasteiger partial charge on any atom is 0.491 e. The highest BCUT2D eigenvalue weighted by molar-refractivity contribution is 6.03. The zero-order valence-electron chi connectivity index (χ0n) is 20.3. The third kappa shape index (κ3) is 7.43. The number of nitrogens with zero attached hydrogens (tertiary/aromatic N) is 3. The Morgan fingerprint density at radius 1 is 0.875 bits per heavy atom. The molecule has 204 valence electrons. The van der Waals surface area contributed by atoms with Crippen LogP contribution in [0.25, 0.3) is 0 Å². The van der Waals surface area contributed by atoms with E-state index in [4.69, 9.17) is 4.74 Å². The van der Waals surface area contributed by atoms with Crippen molar-refractivity contribution in [1.82, 2.24) is 15.0 Å². The van der Waals surface area contributed by atoms with Crippen LogP contribution in [0.2, 0.25) is 0 Å². The van der Waals surface area contributed by atoms with Gasteiger partial charge in [0.25, 0.3) is 5.91 Å². The van der Waals surface area contributed by atoms with E-state index >= 15 is 0 Å². The van der Waals surface area contributed by atoms with Gasteiger partial charge in [0.1, 0.15) is 17.4 Å². The third-order valence-corrected chi connectivity index (χ3v) is 5.33. The summed E-state index contributed by atoms with van der Waals surface area (Å²) in [5.41, 5.74) is 0.751. The number of amides is 1. The van der Waals surface area contributed by atoms with E-state index < -0.39 is 42.2 Å². The van der Waals surface area contributed by atoms with Crippen molar-refractivity contribution in [2.24, 2.45) is 0 Å². The van der Waals surface area contributed by atoms with E-state index in [2.05, 4.69) is 25.0 Å². The van der Waals surface area contributed by atoms with Crippen LogP contribution in [0.15, 0.2) is 85.2 Å². The maximum absolute atomic E-state index is 13.5. The molecule has 0 saturated heterocycles. The number of carbonyl (C=O) groups excluding carboxylic acids is 3. The molecular weight excluding hydrogens is 536 g/mol. The van der Waals surface area contributed by atoms with Gasteiger partial charge in [-0.25, -0.2) is 19.2 Å². The average Bonchev–Trinajstić information content (AvgIpc) is 2.93. The first-order chi connectivity index (χ1) is 19.1. The molecule has 4 rings (SSSR count). The van der Waals surface area contributed by atoms with Gasteiger partial charge in [-0.1, -0.05) is 18.2 Å². The van der Waals surface area contributed by atoms with Crippen LogP contribution in [-0.2, 0) is 14.3 Å². The van der Waals surface area contributed by atoms with Gasteiger partial charge in [-0.2, -0.15) is 18.2 Å². The van der Waals surface area contributed by atoms with E-state index in [1.807, 2.05) is 0 Å². The molecule has 9 nitrogen and oxygen atoms in total. The molecule has 4 aromatic rings. The number of ether oxygens (including phenoxy) is 2. The fourth-order valence-electron chi connectivity index (χ4n) is 3.46. The summed E-state index contributed by atoms with van der Waals surface area (Å²) in [5.74, 6) is -5.50. The molecule has 0 radical (unpaired) electrons. The Bertz CT molecular complexity index is 1500. The number of nitrogens with one attached hydrogen (secondary N) is 1. The number of halogens is 4. The monoisotopic (exact) mass is 554 g/mol. The molecule has 2 heterocycles. The molecule has 2 aromatic carbocycles. The summed E-state index contributed by atoms with van der Waals surface area (Å²) >= 11 is 0. The van der Waals surface area contributed by atoms with Gasteiger partial charge in [-0.15, -0.1) is 0 Å². The lowest BCUT2D eigenvalue weighted by Gasteiger charge is -2.17. The van der Waals surface area contributed by atoms with Crippen LogP contribution in [0.1, 0.15) is 34.0 Å². The van der Waals surface area contributed by atoms with E-state index in [0.29, 0.717) is 16.9 Å². The highest BCUT2D eigenvalue weighted by Crippen LogP contribution is 2.30. The molecule has 1 N–H and O–H groups in total. The second-order valence-corrected chi connectivity index (χ2v) is 8.13. The van der Waals surface area contributed by atoms with Crippen LogP contribution in [-0.4, -0.2) is 39.0 Å². The topological polar surface area (TPSA) is 120 Å². The van der Waals surface area contributed by atoms with Crippen molar-refractivity contribution >= 4 is 23.7 Å². The second kappa shape index (κ2) is 12.1. The molecule has 0 fully saturated rings. The van der Waals surface area contributed by atoms with Crippen LogP contribution in [0.3, 0.4) is 0 Å². The largest absolute Gasteiger partial charge is 0.491 e. The zero-order chi connectivity index (χ0) is 28.7. The van der Waals surface area contributed by atoms with Gasteiger partial charge >= 0.3 is 24.1 Å². The molecule has 0 aliphatic carbocycles. The van der Waals surface area contributed by atoms with Gasteiger partial charge in [0.2, 0.25) is 0 Å². The van der Waals surface area contributed by atoms with Crippen molar-refractivity contribution in [3.8, 4) is 11.8 Å². The third-order valence-electron chi connectivity index (χ3n) is 5.33. The lowest BCUT2D eigenvalue weighted by Crippen LogP contribution is -2.28. The number of benzene rings is 2. The summed E-state index contributed by atoms with van der Waals surface area (Å²) in [6, 6.07) is 17.0. The Balaban J connectivity index is 1.51. The summed E-state index contributed by atoms with van der Waals surface area (Å²) in [7, 11) is 0. The SMILES string of the molecule is O=C(CC(c1ccc(F)cc1)c1ccnc(Oc2ccc(C(=O)Nc3ccccn3)cc2)n1)OC(=O)C(F)(F)F. The lowest BCUT2D eigenvalue weighted by molar-refractivity contribution is -0.201. The number of esters is 2. The number of carbonyl (C=O) groups is 3. The summed E-state index contributed by atoms with van der Waals surface area (Å²) in [6.07, 6.45) is -3.25. The number of pyridine rings is 1. The Morgan fingerprint density at radius 2 is 1.60 bits per heavy atom. The first-order valence-corrected chi connectivity index (χ1v) is 11.5. The van der Waals surface area contributed by atoms with Gasteiger partial charge in [0.15, 0.2) is 0 Å². The Hall–Kier alpha value is -5.20. The molecule has 2 aromatic heterocycles. The van der Waals surface area contributed by atoms with Crippen LogP contribution in [0.5, 0.6) is 11.8 Å². The Morgan fingerprint density at radius 3 is 2.25 bits per heavy atom. The van der Waals surface area contributed by atoms with Crippen molar-refractivity contribution in [3.05, 3.63) is 108 Å². The van der Waals surface area contributed by atoms with Crippen molar-refractivity contribution in [2.45, 2.75) is 18.5 Å². The summed E-state index contributed by atoms with van der Waals surface area (Å²) in [6.45, 7) is 0. The van der Waals surface area contributed by atoms with Gasteiger partial charge in [0, 0.05) is 23.9 Å². The van der Waals surface area contributed by atoms with Crippen molar-refractivity contribution in [1.29, 1.82) is 0 Å². The quantitative estimate of drug-likeness (QED) is 0.179. The molecule has 0 bridgehead atoms. The Kier molecular flexibility index (Phi) is 8.42. The van der Waals surface area contributed by atoms with Crippen LogP contribution in [0.4, 0.5) is 23.4 Å². The molecule has 1 unspecified atom stereocenters. The predicted molar refractivity (Wildman–Crippen MR) is 131 cm³/mol. The minimum Gasteiger partial charge on any atom is -0.424 e. The van der Waals surface area contributed by atoms with Gasteiger partial charge in [-0.05, 0) is 60.2 Å². The van der Waals surface area contributed by atoms with Crippen LogP contribution < -0.4 is 10.1 Å². The lowest BCUT2D eigenvalue weighted by atomic mass is 9.92. The first kappa shape index (κ1) is 27.8. The fraction of sp³-hybridized carbons (Fsp3) is 0.111. The second-order valence-electron chi connectivity index (χ2n) is 8.13. The van der Waals surface area contributed by atoms with E-state index in [0.717, 1.165) is 12.1 Å². The number of alkyl halides is 3. The minimum absolute atomic E-state index is 0.124. The highest BCUT2D eigenvalue weighted by atomic mass is 19.4. The molecular formula is C27H18F4N4O5. The zero-order valence-corrected chi connectivity index (χ0v) is 20.3. The highest BCUT2D eigenvalue weighted by Gasteiger charge is 2.42. The van der Waals surface area contributed by atoms with Crippen molar-refractivity contribution in [3.63, 3.8) is 0 Å². The number of anilines is 1. The molecule has 0 saturated carbocycles. The summed E-state index contributed by atoms with van der Waals surface area (Å²) < 4.78 is 60.6. The van der Waals surface area contributed by atoms with Gasteiger partial charge < -0.3 is 14.8 Å². The molecule has 0 aliphatic heterocycles. The van der Waals surface area contributed by atoms with E-state index in [9.17, 15) is 31.9 Å². The fourth-order valence-corrected chi connectivity index (χ4v) is 3.46. The summed E-state index contributed by atoms with van der Waals surface area (Å²) in [5, 5.41) is 2.64. The van der Waals surface area contributed by atoms with Crippen molar-refractivity contribution in [2.75, 3.05) is 5.32 Å². The summed E-state index contributed by atoms with van der Waals surface area (Å²) in [4.78, 5) is 47.9. The van der Waals surface area contributed by atoms with Gasteiger partial charge in [0.05, 0.1) is 12.1 Å². The van der Waals surface area contributed by atoms with Gasteiger partial charge in [-0.3, -0.25) is 9.59 Å². The first-order valence-electron chi connectivity index (χ1n) is 11.5.